The van der Waals surface area contributed by atoms with Gasteiger partial charge in [-0.2, -0.15) is 0 Å². The number of likely N-dealkylation sites (tertiary alicyclic amines) is 1. The number of hydrogen-bond acceptors (Lipinski definition) is 4. The first-order valence-electron chi connectivity index (χ1n) is 9.91. The second-order valence-electron chi connectivity index (χ2n) is 8.25. The molecular weight excluding hydrogens is 382 g/mol. The summed E-state index contributed by atoms with van der Waals surface area (Å²) in [7, 11) is 1.63. The van der Waals surface area contributed by atoms with E-state index in [9.17, 15) is 19.2 Å². The molecule has 4 amide bonds. The summed E-state index contributed by atoms with van der Waals surface area (Å²) in [5.74, 6) is -2.92. The lowest BCUT2D eigenvalue weighted by atomic mass is 9.76. The molecule has 7 nitrogen and oxygen atoms in total. The lowest BCUT2D eigenvalue weighted by Gasteiger charge is -2.36. The second-order valence-corrected chi connectivity index (χ2v) is 8.25. The molecule has 0 radical (unpaired) electrons. The number of hydrogen-bond donors (Lipinski definition) is 0. The zero-order valence-electron chi connectivity index (χ0n) is 16.9. The zero-order valence-corrected chi connectivity index (χ0v) is 16.9. The van der Waals surface area contributed by atoms with E-state index < -0.39 is 29.3 Å². The molecule has 2 aromatic carbocycles. The van der Waals surface area contributed by atoms with Crippen molar-refractivity contribution in [3.63, 3.8) is 0 Å². The normalized spacial score (nSPS) is 29.8. The number of benzene rings is 2. The maximum absolute atomic E-state index is 13.7. The molecule has 0 aliphatic carbocycles. The molecule has 2 saturated heterocycles. The fraction of sp³-hybridized carbons (Fsp3) is 0.304. The molecule has 3 aliphatic heterocycles. The van der Waals surface area contributed by atoms with Gasteiger partial charge in [-0.1, -0.05) is 35.9 Å². The topological polar surface area (TPSA) is 78.0 Å². The third kappa shape index (κ3) is 1.94. The van der Waals surface area contributed by atoms with Crippen molar-refractivity contribution in [1.82, 2.24) is 4.90 Å². The Hall–Kier alpha value is -3.48. The first kappa shape index (κ1) is 18.5. The lowest BCUT2D eigenvalue weighted by Crippen LogP contribution is -2.56. The van der Waals surface area contributed by atoms with Crippen LogP contribution in [-0.4, -0.2) is 42.1 Å². The van der Waals surface area contributed by atoms with Crippen molar-refractivity contribution in [2.24, 2.45) is 11.8 Å². The van der Waals surface area contributed by atoms with Gasteiger partial charge in [-0.25, -0.2) is 4.90 Å². The summed E-state index contributed by atoms with van der Waals surface area (Å²) in [6.07, 6.45) is 0.605. The molecule has 3 heterocycles. The number of fused-ring (bicyclic) bond motifs is 4. The standard InChI is InChI=1S/C23H21N3O4/c1-13-8-10-15(11-9-13)26-20(28)18-14(2)25(12-27)23(19(18)21(26)29)16-6-4-5-7-17(16)24(3)22(23)30/h4-12,14,18-19H,1-3H3. The third-order valence-corrected chi connectivity index (χ3v) is 6.88. The lowest BCUT2D eigenvalue weighted by molar-refractivity contribution is -0.142. The number of imide groups is 1. The largest absolute Gasteiger partial charge is 0.322 e. The number of nitrogens with zero attached hydrogens (tertiary/aromatic N) is 3. The fourth-order valence-electron chi connectivity index (χ4n) is 5.52. The molecule has 7 heteroatoms. The number of rotatable bonds is 2. The van der Waals surface area contributed by atoms with Crippen molar-refractivity contribution in [3.05, 3.63) is 59.7 Å². The molecule has 0 N–H and O–H groups in total. The highest BCUT2D eigenvalue weighted by molar-refractivity contribution is 6.26. The van der Waals surface area contributed by atoms with Crippen molar-refractivity contribution < 1.29 is 19.2 Å². The highest BCUT2D eigenvalue weighted by atomic mass is 16.2. The Bertz CT molecular complexity index is 1110. The van der Waals surface area contributed by atoms with E-state index in [1.54, 1.807) is 44.3 Å². The van der Waals surface area contributed by atoms with E-state index >= 15 is 0 Å². The number of carbonyl (C=O) groups is 4. The minimum absolute atomic E-state index is 0.359. The molecule has 2 fully saturated rings. The molecule has 5 rings (SSSR count). The Morgan fingerprint density at radius 1 is 0.967 bits per heavy atom. The summed E-state index contributed by atoms with van der Waals surface area (Å²) in [5, 5.41) is 0. The molecule has 0 aromatic heterocycles. The summed E-state index contributed by atoms with van der Waals surface area (Å²) < 4.78 is 0. The first-order chi connectivity index (χ1) is 14.4. The van der Waals surface area contributed by atoms with Crippen molar-refractivity contribution in [2.75, 3.05) is 16.8 Å². The Morgan fingerprint density at radius 3 is 2.30 bits per heavy atom. The van der Waals surface area contributed by atoms with E-state index in [1.165, 1.54) is 14.7 Å². The quantitative estimate of drug-likeness (QED) is 0.566. The van der Waals surface area contributed by atoms with Gasteiger partial charge in [0.25, 0.3) is 5.91 Å². The van der Waals surface area contributed by atoms with Crippen LogP contribution < -0.4 is 9.80 Å². The molecular formula is C23H21N3O4. The average molecular weight is 403 g/mol. The number of amides is 4. The van der Waals surface area contributed by atoms with Gasteiger partial charge in [-0.15, -0.1) is 0 Å². The van der Waals surface area contributed by atoms with Crippen LogP contribution >= 0.6 is 0 Å². The summed E-state index contributed by atoms with van der Waals surface area (Å²) in [6.45, 7) is 3.66. The van der Waals surface area contributed by atoms with Crippen molar-refractivity contribution in [2.45, 2.75) is 25.4 Å². The van der Waals surface area contributed by atoms with Gasteiger partial charge in [0.2, 0.25) is 18.2 Å². The monoisotopic (exact) mass is 403 g/mol. The molecule has 0 saturated carbocycles. The van der Waals surface area contributed by atoms with Gasteiger partial charge in [0.05, 0.1) is 17.5 Å². The van der Waals surface area contributed by atoms with Gasteiger partial charge < -0.3 is 9.80 Å². The molecule has 30 heavy (non-hydrogen) atoms. The van der Waals surface area contributed by atoms with Crippen LogP contribution in [0.5, 0.6) is 0 Å². The summed E-state index contributed by atoms with van der Waals surface area (Å²) in [6, 6.07) is 13.7. The fourth-order valence-corrected chi connectivity index (χ4v) is 5.52. The second kappa shape index (κ2) is 6.01. The SMILES string of the molecule is Cc1ccc(N2C(=O)C3C(C)N(C=O)C4(C(=O)N(C)c5ccccc54)C3C2=O)cc1. The van der Waals surface area contributed by atoms with Crippen molar-refractivity contribution >= 4 is 35.5 Å². The van der Waals surface area contributed by atoms with E-state index in [4.69, 9.17) is 0 Å². The summed E-state index contributed by atoms with van der Waals surface area (Å²) >= 11 is 0. The van der Waals surface area contributed by atoms with Crippen LogP contribution in [0, 0.1) is 18.8 Å². The van der Waals surface area contributed by atoms with Gasteiger partial charge >= 0.3 is 0 Å². The van der Waals surface area contributed by atoms with Gasteiger partial charge in [0, 0.05) is 24.3 Å². The average Bonchev–Trinajstić information content (AvgIpc) is 3.25. The molecule has 1 spiro atoms. The highest BCUT2D eigenvalue weighted by Gasteiger charge is 2.74. The third-order valence-electron chi connectivity index (χ3n) is 6.88. The Balaban J connectivity index is 1.73. The van der Waals surface area contributed by atoms with Crippen LogP contribution in [0.1, 0.15) is 18.1 Å². The van der Waals surface area contributed by atoms with Gasteiger partial charge in [-0.05, 0) is 32.0 Å². The number of para-hydroxylation sites is 1. The Morgan fingerprint density at radius 2 is 1.63 bits per heavy atom. The molecule has 3 aliphatic rings. The summed E-state index contributed by atoms with van der Waals surface area (Å²) in [4.78, 5) is 57.0. The summed E-state index contributed by atoms with van der Waals surface area (Å²) in [5.41, 5.74) is 1.23. The predicted octanol–water partition coefficient (Wildman–Crippen LogP) is 1.83. The number of carbonyl (C=O) groups excluding carboxylic acids is 4. The minimum atomic E-state index is -1.51. The smallest absolute Gasteiger partial charge is 0.258 e. The van der Waals surface area contributed by atoms with Gasteiger partial charge in [-0.3, -0.25) is 19.2 Å². The van der Waals surface area contributed by atoms with Gasteiger partial charge in [0.1, 0.15) is 0 Å². The Kier molecular flexibility index (Phi) is 3.72. The zero-order chi connectivity index (χ0) is 21.4. The van der Waals surface area contributed by atoms with Crippen LogP contribution in [0.2, 0.25) is 0 Å². The van der Waals surface area contributed by atoms with E-state index in [2.05, 4.69) is 0 Å². The van der Waals surface area contributed by atoms with Crippen molar-refractivity contribution in [3.8, 4) is 0 Å². The molecule has 4 atom stereocenters. The molecule has 4 unspecified atom stereocenters. The van der Waals surface area contributed by atoms with Crippen molar-refractivity contribution in [1.29, 1.82) is 0 Å². The van der Waals surface area contributed by atoms with Crippen LogP contribution in [0.25, 0.3) is 0 Å². The van der Waals surface area contributed by atoms with E-state index in [0.29, 0.717) is 23.3 Å². The first-order valence-corrected chi connectivity index (χ1v) is 9.91. The van der Waals surface area contributed by atoms with Crippen LogP contribution in [-0.2, 0) is 24.7 Å². The van der Waals surface area contributed by atoms with Crippen LogP contribution in [0.15, 0.2) is 48.5 Å². The maximum Gasteiger partial charge on any atom is 0.258 e. The number of likely N-dealkylation sites (N-methyl/N-ethyl adjacent to an activating group) is 1. The van der Waals surface area contributed by atoms with Crippen LogP contribution in [0.3, 0.4) is 0 Å². The maximum atomic E-state index is 13.7. The predicted molar refractivity (Wildman–Crippen MR) is 110 cm³/mol. The molecule has 2 aromatic rings. The van der Waals surface area contributed by atoms with Gasteiger partial charge in [0.15, 0.2) is 5.54 Å². The number of aryl methyl sites for hydroxylation is 1. The number of anilines is 2. The molecule has 152 valence electrons. The van der Waals surface area contributed by atoms with E-state index in [-0.39, 0.29) is 11.8 Å². The highest BCUT2D eigenvalue weighted by Crippen LogP contribution is 2.58. The van der Waals surface area contributed by atoms with Crippen LogP contribution in [0.4, 0.5) is 11.4 Å². The van der Waals surface area contributed by atoms with E-state index in [1.807, 2.05) is 25.1 Å². The minimum Gasteiger partial charge on any atom is -0.322 e. The van der Waals surface area contributed by atoms with E-state index in [0.717, 1.165) is 5.56 Å². The Labute approximate surface area is 173 Å². The molecule has 0 bridgehead atoms.